The maximum atomic E-state index is 6.84. The molecule has 0 aliphatic heterocycles. The molecule has 14 aromatic rings. The molecule has 0 bridgehead atoms. The van der Waals surface area contributed by atoms with Gasteiger partial charge < -0.3 is 13.9 Å². The van der Waals surface area contributed by atoms with Crippen molar-refractivity contribution >= 4 is 82.4 Å². The number of nitrogens with zero attached hydrogens (tertiary/aromatic N) is 2. The summed E-state index contributed by atoms with van der Waals surface area (Å²) in [7, 11) is 0. The Balaban J connectivity index is 0.873. The van der Waals surface area contributed by atoms with Crippen LogP contribution in [0.5, 0.6) is 0 Å². The van der Waals surface area contributed by atoms with E-state index in [1.807, 2.05) is 0 Å². The van der Waals surface area contributed by atoms with Crippen molar-refractivity contribution in [2.75, 3.05) is 4.90 Å². The van der Waals surface area contributed by atoms with Crippen molar-refractivity contribution in [2.24, 2.45) is 0 Å². The molecule has 0 saturated heterocycles. The maximum Gasteiger partial charge on any atom is 0.143 e. The van der Waals surface area contributed by atoms with Gasteiger partial charge in [0.05, 0.1) is 16.7 Å². The average molecular weight is 905 g/mol. The van der Waals surface area contributed by atoms with Crippen LogP contribution < -0.4 is 4.90 Å². The first-order chi connectivity index (χ1) is 35.2. The van der Waals surface area contributed by atoms with Crippen LogP contribution in [0.1, 0.15) is 0 Å². The first-order valence-corrected chi connectivity index (χ1v) is 24.3. The zero-order valence-electron chi connectivity index (χ0n) is 38.7. The lowest BCUT2D eigenvalue weighted by Gasteiger charge is -2.28. The van der Waals surface area contributed by atoms with Crippen LogP contribution in [0.4, 0.5) is 17.1 Å². The Morgan fingerprint density at radius 2 is 0.789 bits per heavy atom. The lowest BCUT2D eigenvalue weighted by Crippen LogP contribution is -2.11. The number of hydrogen-bond acceptors (Lipinski definition) is 2. The first kappa shape index (κ1) is 40.6. The highest BCUT2D eigenvalue weighted by molar-refractivity contribution is 6.14. The van der Waals surface area contributed by atoms with Gasteiger partial charge in [0.1, 0.15) is 11.2 Å². The molecule has 3 heteroatoms. The second-order valence-corrected chi connectivity index (χ2v) is 18.5. The summed E-state index contributed by atoms with van der Waals surface area (Å²) >= 11 is 0. The van der Waals surface area contributed by atoms with Gasteiger partial charge in [0.2, 0.25) is 0 Å². The molecular formula is C68H44N2O. The zero-order valence-corrected chi connectivity index (χ0v) is 38.7. The minimum absolute atomic E-state index is 0.881. The van der Waals surface area contributed by atoms with Gasteiger partial charge in [0.15, 0.2) is 0 Å². The van der Waals surface area contributed by atoms with Gasteiger partial charge in [-0.15, -0.1) is 0 Å². The predicted molar refractivity (Wildman–Crippen MR) is 299 cm³/mol. The molecule has 12 aromatic carbocycles. The summed E-state index contributed by atoms with van der Waals surface area (Å²) in [5.74, 6) is 0. The Hall–Kier alpha value is -9.44. The summed E-state index contributed by atoms with van der Waals surface area (Å²) in [4.78, 5) is 2.39. The largest absolute Gasteiger partial charge is 0.455 e. The molecule has 2 heterocycles. The van der Waals surface area contributed by atoms with E-state index in [1.54, 1.807) is 0 Å². The highest BCUT2D eigenvalue weighted by Gasteiger charge is 2.21. The van der Waals surface area contributed by atoms with Crippen LogP contribution in [0.3, 0.4) is 0 Å². The number of para-hydroxylation sites is 4. The van der Waals surface area contributed by atoms with Crippen LogP contribution in [0.25, 0.3) is 115 Å². The van der Waals surface area contributed by atoms with Gasteiger partial charge in [-0.2, -0.15) is 0 Å². The molecular weight excluding hydrogens is 861 g/mol. The number of hydrogen-bond donors (Lipinski definition) is 0. The Kier molecular flexibility index (Phi) is 9.53. The van der Waals surface area contributed by atoms with Crippen LogP contribution in [-0.2, 0) is 0 Å². The normalized spacial score (nSPS) is 11.7. The van der Waals surface area contributed by atoms with Gasteiger partial charge in [-0.05, 0) is 122 Å². The lowest BCUT2D eigenvalue weighted by molar-refractivity contribution is 0.670. The summed E-state index contributed by atoms with van der Waals surface area (Å²) in [5.41, 5.74) is 17.7. The summed E-state index contributed by atoms with van der Waals surface area (Å²) in [5, 5.41) is 9.61. The van der Waals surface area contributed by atoms with Crippen LogP contribution >= 0.6 is 0 Å². The number of benzene rings is 12. The van der Waals surface area contributed by atoms with Crippen molar-refractivity contribution in [3.8, 4) is 50.2 Å². The molecule has 14 rings (SSSR count). The summed E-state index contributed by atoms with van der Waals surface area (Å²) in [6.07, 6.45) is 0. The van der Waals surface area contributed by atoms with Crippen LogP contribution in [0.15, 0.2) is 271 Å². The molecule has 71 heavy (non-hydrogen) atoms. The highest BCUT2D eigenvalue weighted by Crippen LogP contribution is 2.46. The van der Waals surface area contributed by atoms with E-state index in [9.17, 15) is 0 Å². The molecule has 0 saturated carbocycles. The van der Waals surface area contributed by atoms with Crippen LogP contribution in [0, 0.1) is 0 Å². The van der Waals surface area contributed by atoms with E-state index >= 15 is 0 Å². The smallest absolute Gasteiger partial charge is 0.143 e. The summed E-state index contributed by atoms with van der Waals surface area (Å²) in [6, 6.07) is 96.6. The Labute approximate surface area is 411 Å². The zero-order chi connectivity index (χ0) is 46.8. The molecule has 0 aliphatic rings. The monoisotopic (exact) mass is 904 g/mol. The van der Waals surface area contributed by atoms with Gasteiger partial charge in [0, 0.05) is 49.7 Å². The van der Waals surface area contributed by atoms with Gasteiger partial charge in [-0.25, -0.2) is 0 Å². The van der Waals surface area contributed by atoms with Gasteiger partial charge in [-0.3, -0.25) is 0 Å². The van der Waals surface area contributed by atoms with Crippen LogP contribution in [0.2, 0.25) is 0 Å². The SMILES string of the molecule is c1cc(-c2ccc(N(c3ccc(-c4ccc(-c5cccc6ccccc56)cc4)cc3)c3ccccc3-c3cccc4c3oc3cc5ccccc5cc34)cc2)cc(-n2c3ccccc3c3ccccc32)c1. The van der Waals surface area contributed by atoms with Crippen LogP contribution in [-0.4, -0.2) is 4.57 Å². The second kappa shape index (κ2) is 16.7. The van der Waals surface area contributed by atoms with E-state index in [1.165, 1.54) is 60.0 Å². The van der Waals surface area contributed by atoms with Gasteiger partial charge in [-0.1, -0.05) is 200 Å². The Bertz CT molecular complexity index is 4270. The Morgan fingerprint density at radius 3 is 1.51 bits per heavy atom. The number of rotatable bonds is 8. The highest BCUT2D eigenvalue weighted by atomic mass is 16.3. The summed E-state index contributed by atoms with van der Waals surface area (Å²) < 4.78 is 9.23. The van der Waals surface area contributed by atoms with Crippen molar-refractivity contribution in [3.05, 3.63) is 267 Å². The van der Waals surface area contributed by atoms with E-state index in [0.29, 0.717) is 0 Å². The molecule has 0 fully saturated rings. The Morgan fingerprint density at radius 1 is 0.296 bits per heavy atom. The van der Waals surface area contributed by atoms with Crippen molar-refractivity contribution in [1.29, 1.82) is 0 Å². The molecule has 0 unspecified atom stereocenters. The third-order valence-electron chi connectivity index (χ3n) is 14.4. The lowest BCUT2D eigenvalue weighted by atomic mass is 9.96. The molecule has 3 nitrogen and oxygen atoms in total. The van der Waals surface area contributed by atoms with E-state index < -0.39 is 0 Å². The number of aromatic nitrogens is 1. The molecule has 0 amide bonds. The van der Waals surface area contributed by atoms with Crippen molar-refractivity contribution in [1.82, 2.24) is 4.57 Å². The molecule has 332 valence electrons. The van der Waals surface area contributed by atoms with E-state index in [2.05, 4.69) is 276 Å². The molecule has 2 aromatic heterocycles. The van der Waals surface area contributed by atoms with E-state index in [4.69, 9.17) is 4.42 Å². The summed E-state index contributed by atoms with van der Waals surface area (Å²) in [6.45, 7) is 0. The fourth-order valence-electron chi connectivity index (χ4n) is 11.0. The molecule has 0 aliphatic carbocycles. The van der Waals surface area contributed by atoms with E-state index in [0.717, 1.165) is 72.5 Å². The molecule has 0 N–H and O–H groups in total. The predicted octanol–water partition coefficient (Wildman–Crippen LogP) is 19.1. The molecule has 0 radical (unpaired) electrons. The second-order valence-electron chi connectivity index (χ2n) is 18.5. The standard InChI is InChI=1S/C68H44N2O/c1-2-16-52-44-67-63(43-51(52)15-1)62-26-13-25-61(68(62)71-67)60-23-7-8-27-64(60)69(53-38-34-46(35-39-53)45-30-32-49(33-31-45)57-24-12-17-48-14-3-4-20-56(48)57)54-40-36-47(37-41-54)50-18-11-19-55(42-50)70-65-28-9-5-21-58(65)59-22-6-10-29-66(59)70/h1-44H. The fraction of sp³-hybridized carbons (Fsp3) is 0. The molecule has 0 spiro atoms. The number of furan rings is 1. The minimum atomic E-state index is 0.881. The number of anilines is 3. The van der Waals surface area contributed by atoms with E-state index in [-0.39, 0.29) is 0 Å². The van der Waals surface area contributed by atoms with Crippen molar-refractivity contribution in [2.45, 2.75) is 0 Å². The third kappa shape index (κ3) is 6.89. The average Bonchev–Trinajstić information content (AvgIpc) is 3.98. The molecule has 0 atom stereocenters. The maximum absolute atomic E-state index is 6.84. The van der Waals surface area contributed by atoms with Gasteiger partial charge in [0.25, 0.3) is 0 Å². The van der Waals surface area contributed by atoms with Gasteiger partial charge >= 0.3 is 0 Å². The topological polar surface area (TPSA) is 21.3 Å². The fourth-order valence-corrected chi connectivity index (χ4v) is 11.0. The first-order valence-electron chi connectivity index (χ1n) is 24.3. The quantitative estimate of drug-likeness (QED) is 0.151. The van der Waals surface area contributed by atoms with Crippen molar-refractivity contribution < 1.29 is 4.42 Å². The third-order valence-corrected chi connectivity index (χ3v) is 14.4. The number of fused-ring (bicyclic) bond motifs is 8. The van der Waals surface area contributed by atoms with Crippen molar-refractivity contribution in [3.63, 3.8) is 0 Å². The minimum Gasteiger partial charge on any atom is -0.455 e.